The van der Waals surface area contributed by atoms with E-state index in [0.717, 1.165) is 0 Å². The van der Waals surface area contributed by atoms with Crippen molar-refractivity contribution in [1.29, 1.82) is 5.26 Å². The van der Waals surface area contributed by atoms with Crippen molar-refractivity contribution in [1.82, 2.24) is 0 Å². The first-order valence-corrected chi connectivity index (χ1v) is 4.92. The number of carbonyl (C=O) groups is 2. The number of oxime groups is 1. The van der Waals surface area contributed by atoms with Crippen LogP contribution in [0.5, 0.6) is 0 Å². The Labute approximate surface area is 107 Å². The molecule has 0 fully saturated rings. The molecular weight excluding hydrogens is 260 g/mol. The second-order valence-electron chi connectivity index (χ2n) is 2.93. The first-order valence-electron chi connectivity index (χ1n) is 4.54. The van der Waals surface area contributed by atoms with Gasteiger partial charge in [-0.25, -0.2) is 4.79 Å². The lowest BCUT2D eigenvalue weighted by molar-refractivity contribution is -0.112. The summed E-state index contributed by atoms with van der Waals surface area (Å²) in [6.45, 7) is 0. The number of anilines is 1. The van der Waals surface area contributed by atoms with Crippen LogP contribution in [0.4, 0.5) is 10.5 Å². The van der Waals surface area contributed by atoms with E-state index in [2.05, 4.69) is 15.3 Å². The van der Waals surface area contributed by atoms with Gasteiger partial charge >= 0.3 is 6.09 Å². The second kappa shape index (κ2) is 6.22. The molecule has 7 nitrogen and oxygen atoms in total. The van der Waals surface area contributed by atoms with Crippen LogP contribution >= 0.6 is 11.6 Å². The van der Waals surface area contributed by atoms with Crippen LogP contribution in [0.15, 0.2) is 29.4 Å². The molecule has 2 amide bonds. The van der Waals surface area contributed by atoms with Crippen LogP contribution in [0.25, 0.3) is 0 Å². The fourth-order valence-electron chi connectivity index (χ4n) is 0.881. The van der Waals surface area contributed by atoms with E-state index in [4.69, 9.17) is 22.6 Å². The third-order valence-electron chi connectivity index (χ3n) is 1.65. The first-order chi connectivity index (χ1) is 8.52. The summed E-state index contributed by atoms with van der Waals surface area (Å²) in [7, 11) is 0. The highest BCUT2D eigenvalue weighted by Gasteiger charge is 2.08. The summed E-state index contributed by atoms with van der Waals surface area (Å²) in [5.74, 6) is -1.09. The standard InChI is InChI=1S/C10H7ClN4O3/c11-6-1-3-7(4-2-6)14-10(17)18-15-8(5-12)9(13)16/h1-4H,(H2,13,16)(H,14,17). The molecule has 0 unspecified atom stereocenters. The highest BCUT2D eigenvalue weighted by atomic mass is 35.5. The van der Waals surface area contributed by atoms with Crippen molar-refractivity contribution in [3.8, 4) is 6.07 Å². The molecule has 0 aliphatic carbocycles. The molecule has 0 heterocycles. The molecule has 0 bridgehead atoms. The van der Waals surface area contributed by atoms with E-state index in [1.165, 1.54) is 18.2 Å². The Balaban J connectivity index is 2.60. The summed E-state index contributed by atoms with van der Waals surface area (Å²) in [5.41, 5.74) is 4.49. The van der Waals surface area contributed by atoms with Gasteiger partial charge in [-0.2, -0.15) is 5.26 Å². The number of rotatable bonds is 3. The van der Waals surface area contributed by atoms with E-state index in [9.17, 15) is 9.59 Å². The van der Waals surface area contributed by atoms with E-state index < -0.39 is 17.7 Å². The zero-order chi connectivity index (χ0) is 13.5. The first kappa shape index (κ1) is 13.5. The topological polar surface area (TPSA) is 118 Å². The fourth-order valence-corrected chi connectivity index (χ4v) is 1.01. The number of nitriles is 1. The number of amides is 2. The van der Waals surface area contributed by atoms with E-state index >= 15 is 0 Å². The molecule has 0 radical (unpaired) electrons. The zero-order valence-electron chi connectivity index (χ0n) is 8.88. The third kappa shape index (κ3) is 4.11. The van der Waals surface area contributed by atoms with Crippen LogP contribution in [-0.4, -0.2) is 17.7 Å². The molecular formula is C10H7ClN4O3. The van der Waals surface area contributed by atoms with Gasteiger partial charge in [0.1, 0.15) is 6.07 Å². The van der Waals surface area contributed by atoms with Gasteiger partial charge in [-0.3, -0.25) is 14.9 Å². The molecule has 0 saturated carbocycles. The molecule has 18 heavy (non-hydrogen) atoms. The van der Waals surface area contributed by atoms with E-state index in [1.54, 1.807) is 12.1 Å². The molecule has 0 spiro atoms. The van der Waals surface area contributed by atoms with Crippen molar-refractivity contribution in [2.75, 3.05) is 5.32 Å². The van der Waals surface area contributed by atoms with Crippen LogP contribution in [-0.2, 0) is 9.63 Å². The van der Waals surface area contributed by atoms with Gasteiger partial charge in [0.25, 0.3) is 5.91 Å². The van der Waals surface area contributed by atoms with Crippen molar-refractivity contribution in [3.63, 3.8) is 0 Å². The Bertz CT molecular complexity index is 533. The number of nitrogens with zero attached hydrogens (tertiary/aromatic N) is 2. The minimum absolute atomic E-state index is 0.414. The van der Waals surface area contributed by atoms with Gasteiger partial charge in [0.2, 0.25) is 5.71 Å². The number of halogens is 1. The van der Waals surface area contributed by atoms with Crippen LogP contribution in [0.1, 0.15) is 0 Å². The number of nitrogens with two attached hydrogens (primary N) is 1. The normalized spacial score (nSPS) is 10.3. The average Bonchev–Trinajstić information content (AvgIpc) is 2.32. The van der Waals surface area contributed by atoms with Crippen LogP contribution < -0.4 is 11.1 Å². The largest absolute Gasteiger partial charge is 0.437 e. The predicted molar refractivity (Wildman–Crippen MR) is 63.8 cm³/mol. The molecule has 0 aliphatic heterocycles. The molecule has 0 aromatic heterocycles. The molecule has 1 aromatic carbocycles. The summed E-state index contributed by atoms with van der Waals surface area (Å²) < 4.78 is 0. The van der Waals surface area contributed by atoms with Crippen molar-refractivity contribution >= 4 is 35.0 Å². The van der Waals surface area contributed by atoms with Gasteiger partial charge in [0, 0.05) is 10.7 Å². The Morgan fingerprint density at radius 2 is 2.00 bits per heavy atom. The number of hydrogen-bond acceptors (Lipinski definition) is 5. The highest BCUT2D eigenvalue weighted by molar-refractivity contribution is 6.44. The van der Waals surface area contributed by atoms with Crippen LogP contribution in [0, 0.1) is 11.3 Å². The monoisotopic (exact) mass is 266 g/mol. The van der Waals surface area contributed by atoms with Gasteiger partial charge in [0.05, 0.1) is 0 Å². The minimum Gasteiger partial charge on any atom is -0.364 e. The Hall–Kier alpha value is -2.59. The summed E-state index contributed by atoms with van der Waals surface area (Å²) in [5, 5.41) is 14.2. The van der Waals surface area contributed by atoms with Gasteiger partial charge in [-0.1, -0.05) is 16.8 Å². The molecule has 3 N–H and O–H groups in total. The van der Waals surface area contributed by atoms with Gasteiger partial charge in [-0.05, 0) is 24.3 Å². The van der Waals surface area contributed by atoms with Crippen molar-refractivity contribution < 1.29 is 14.4 Å². The average molecular weight is 267 g/mol. The van der Waals surface area contributed by atoms with E-state index in [-0.39, 0.29) is 0 Å². The zero-order valence-corrected chi connectivity index (χ0v) is 9.64. The lowest BCUT2D eigenvalue weighted by atomic mass is 10.3. The SMILES string of the molecule is N#CC(=NOC(=O)Nc1ccc(Cl)cc1)C(N)=O. The lowest BCUT2D eigenvalue weighted by Gasteiger charge is -2.02. The predicted octanol–water partition coefficient (Wildman–Crippen LogP) is 1.25. The van der Waals surface area contributed by atoms with Crippen molar-refractivity contribution in [2.24, 2.45) is 10.9 Å². The smallest absolute Gasteiger partial charge is 0.364 e. The van der Waals surface area contributed by atoms with Crippen molar-refractivity contribution in [3.05, 3.63) is 29.3 Å². The van der Waals surface area contributed by atoms with E-state index in [0.29, 0.717) is 10.7 Å². The highest BCUT2D eigenvalue weighted by Crippen LogP contribution is 2.13. The third-order valence-corrected chi connectivity index (χ3v) is 1.90. The Morgan fingerprint density at radius 3 is 2.50 bits per heavy atom. The lowest BCUT2D eigenvalue weighted by Crippen LogP contribution is -2.23. The quantitative estimate of drug-likeness (QED) is 0.486. The number of benzene rings is 1. The van der Waals surface area contributed by atoms with Gasteiger partial charge < -0.3 is 5.73 Å². The molecule has 8 heteroatoms. The molecule has 0 saturated heterocycles. The molecule has 0 aliphatic rings. The molecule has 0 atom stereocenters. The number of hydrogen-bond donors (Lipinski definition) is 2. The maximum atomic E-state index is 11.2. The molecule has 92 valence electrons. The minimum atomic E-state index is -1.09. The molecule has 1 aromatic rings. The summed E-state index contributed by atoms with van der Waals surface area (Å²) >= 11 is 5.65. The fraction of sp³-hybridized carbons (Fsp3) is 0. The second-order valence-corrected chi connectivity index (χ2v) is 3.36. The van der Waals surface area contributed by atoms with Crippen LogP contribution in [0.2, 0.25) is 5.02 Å². The summed E-state index contributed by atoms with van der Waals surface area (Å²) in [6.07, 6.45) is -0.966. The maximum Gasteiger partial charge on any atom is 0.437 e. The van der Waals surface area contributed by atoms with E-state index in [1.807, 2.05) is 0 Å². The number of primary amides is 1. The Morgan fingerprint density at radius 1 is 1.39 bits per heavy atom. The van der Waals surface area contributed by atoms with Gasteiger partial charge in [0.15, 0.2) is 0 Å². The Kier molecular flexibility index (Phi) is 4.66. The maximum absolute atomic E-state index is 11.2. The van der Waals surface area contributed by atoms with Crippen molar-refractivity contribution in [2.45, 2.75) is 0 Å². The molecule has 1 rings (SSSR count). The summed E-state index contributed by atoms with van der Waals surface area (Å²) in [4.78, 5) is 26.1. The van der Waals surface area contributed by atoms with Crippen LogP contribution in [0.3, 0.4) is 0 Å². The number of nitrogens with one attached hydrogen (secondary N) is 1. The summed E-state index contributed by atoms with van der Waals surface area (Å²) in [6, 6.07) is 7.57. The number of carbonyl (C=O) groups excluding carboxylic acids is 2. The van der Waals surface area contributed by atoms with Gasteiger partial charge in [-0.15, -0.1) is 0 Å².